The van der Waals surface area contributed by atoms with Gasteiger partial charge < -0.3 is 97.3 Å². The molecule has 5 aliphatic rings. The second-order valence-electron chi connectivity index (χ2n) is 25.0. The molecule has 3 aromatic carbocycles. The van der Waals surface area contributed by atoms with E-state index in [2.05, 4.69) is 70.0 Å². The summed E-state index contributed by atoms with van der Waals surface area (Å²) in [6.07, 6.45) is -7.92. The molecule has 0 spiro atoms. The summed E-state index contributed by atoms with van der Waals surface area (Å²) in [5, 5.41) is 121. The fourth-order valence-corrected chi connectivity index (χ4v) is 14.2. The van der Waals surface area contributed by atoms with Crippen molar-refractivity contribution in [3.05, 3.63) is 84.1 Å². The number of nitrogens with one attached hydrogen (secondary N) is 5. The molecular weight excluding hydrogens is 1330 g/mol. The van der Waals surface area contributed by atoms with E-state index in [1.54, 1.807) is 22.8 Å². The second kappa shape index (κ2) is 33.3. The van der Waals surface area contributed by atoms with E-state index in [1.807, 2.05) is 0 Å². The molecule has 14 atom stereocenters. The number of benzene rings is 3. The number of amides is 8. The van der Waals surface area contributed by atoms with E-state index in [0.717, 1.165) is 77.4 Å². The van der Waals surface area contributed by atoms with Crippen LogP contribution in [0.4, 0.5) is 5.69 Å². The normalized spacial score (nSPS) is 26.5. The number of phenolic OH excluding ortho intramolecular Hbond substituents is 1. The third-order valence-corrected chi connectivity index (χ3v) is 19.6. The number of aliphatic hydroxyl groups is 7. The molecule has 1 saturated carbocycles. The van der Waals surface area contributed by atoms with E-state index in [4.69, 9.17) is 20.0 Å². The van der Waals surface area contributed by atoms with E-state index in [9.17, 15) is 84.5 Å². The quantitative estimate of drug-likeness (QED) is 0.0135. The molecule has 15 N–H and O–H groups in total. The summed E-state index contributed by atoms with van der Waals surface area (Å²) in [5.74, 6) is -12.0. The number of aromatic nitrogens is 3. The maximum atomic E-state index is 14.7. The number of imidazole rings is 1. The Kier molecular flexibility index (Phi) is 25.5. The minimum Gasteiger partial charge on any atom is -0.691 e. The molecule has 1 aliphatic carbocycles. The molecule has 2 aromatic heterocycles. The van der Waals surface area contributed by atoms with Crippen LogP contribution in [0.2, 0.25) is 0 Å². The van der Waals surface area contributed by atoms with Crippen molar-refractivity contribution in [1.29, 1.82) is 0 Å². The zero-order valence-electron chi connectivity index (χ0n) is 53.7. The van der Waals surface area contributed by atoms with Gasteiger partial charge in [-0.2, -0.15) is 5.10 Å². The average molecular weight is 1410 g/mol. The van der Waals surface area contributed by atoms with Crippen molar-refractivity contribution in [1.82, 2.24) is 55.9 Å². The van der Waals surface area contributed by atoms with Crippen molar-refractivity contribution in [3.8, 4) is 33.3 Å². The molecule has 8 amide bonds. The summed E-state index contributed by atoms with van der Waals surface area (Å²) >= 11 is 1.31. The number of nitrogens with zero attached hydrogens (tertiary/aromatic N) is 7. The third kappa shape index (κ3) is 17.5. The monoisotopic (exact) mass is 1410 g/mol. The van der Waals surface area contributed by atoms with Crippen molar-refractivity contribution in [2.75, 3.05) is 50.7 Å². The number of aliphatic hydroxyl groups excluding tert-OH is 7. The van der Waals surface area contributed by atoms with Crippen molar-refractivity contribution in [2.45, 2.75) is 150 Å². The first-order chi connectivity index (χ1) is 46.4. The van der Waals surface area contributed by atoms with Crippen molar-refractivity contribution in [3.63, 3.8) is 0 Å². The van der Waals surface area contributed by atoms with E-state index in [-0.39, 0.29) is 53.0 Å². The largest absolute Gasteiger partial charge is 1.00 e. The standard InChI is InChI=1S/C62H79N13O20S2.Na/c1-30-27-74-50(51(30)82)58(89)64-26-38(77)23-40(65-54(85)33-10-8-32(9-11-33)41-29-75-62(66-41)96-59(70-75)34-12-15-37(16-13-34)72-20-18-71(19-21-72)36-6-4-3-5-7-36)55(86)67-47(31(2)76)60(90)73-28-39(78)24-42(73)56(87)69-49(57(88)68-48(61(74)91)44(80)25-46(63)81)53(84)52(83)35-14-17-43(79)45(22-35)93-97-95-94-92;/h8-17,22,29-31,36,38-40,42,44,47-53,76-80,82-84,92H,3-7,18-21,23-28H2,1-2H3,(H2,63,81)(H,64,89)(H,65,85)(H,67,86)(H,68,88)(H,69,87);/q;+1/p-1. The Morgan fingerprint density at radius 2 is 1.46 bits per heavy atom. The first-order valence-corrected chi connectivity index (χ1v) is 33.2. The number of aromatic hydroxyl groups is 1. The van der Waals surface area contributed by atoms with Crippen LogP contribution in [-0.2, 0) is 42.9 Å². The SMILES string of the molecule is CC(O)C1NC(=O)C(NC(=O)c2ccc(-c3cn4nc(-c5ccc(N6CCN(C7CCCCC7)CC6)cc5)sc4n3)cc2)CC(O)CNC(=O)C2C(O)C(C)CN2C(=O)C(C(O)CC(N)=O)NC(=O)C(C(O)C(O)c2ccc(O)c(OSOO[O-])c2)NC(=O)C2CC(O)CN2C1=O.[Na+]. The third-order valence-electron chi connectivity index (χ3n) is 18.3. The summed E-state index contributed by atoms with van der Waals surface area (Å²) in [5.41, 5.74) is 8.24. The Hall–Kier alpha value is -7.17. The van der Waals surface area contributed by atoms with Gasteiger partial charge in [-0.25, -0.2) is 9.50 Å². The summed E-state index contributed by atoms with van der Waals surface area (Å²) in [7, 11) is 0. The van der Waals surface area contributed by atoms with E-state index >= 15 is 0 Å². The van der Waals surface area contributed by atoms with Gasteiger partial charge in [0.05, 0.1) is 48.8 Å². The predicted octanol–water partition coefficient (Wildman–Crippen LogP) is -6.23. The van der Waals surface area contributed by atoms with Crippen LogP contribution in [0.5, 0.6) is 11.5 Å². The second-order valence-corrected chi connectivity index (χ2v) is 26.4. The number of β-amino-alcohol motifs (C(OH)–C–C–N with tert-alkyl or cyclic N) is 1. The van der Waals surface area contributed by atoms with Gasteiger partial charge in [0.25, 0.3) is 18.2 Å². The molecule has 524 valence electrons. The number of carbonyl (C=O) groups is 8. The van der Waals surface area contributed by atoms with Gasteiger partial charge in [0.15, 0.2) is 11.5 Å². The molecule has 4 aliphatic heterocycles. The Morgan fingerprint density at radius 3 is 2.12 bits per heavy atom. The number of hydrogen-bond donors (Lipinski definition) is 14. The van der Waals surface area contributed by atoms with Crippen LogP contribution in [0.1, 0.15) is 87.2 Å². The molecule has 4 saturated heterocycles. The molecule has 14 unspecified atom stereocenters. The van der Waals surface area contributed by atoms with Gasteiger partial charge in [-0.1, -0.05) is 55.7 Å². The van der Waals surface area contributed by atoms with Crippen LogP contribution in [0, 0.1) is 5.92 Å². The van der Waals surface area contributed by atoms with Crippen LogP contribution < -0.4 is 76.2 Å². The van der Waals surface area contributed by atoms with Crippen molar-refractivity contribution in [2.24, 2.45) is 11.7 Å². The van der Waals surface area contributed by atoms with Crippen molar-refractivity contribution < 1.29 is 128 Å². The van der Waals surface area contributed by atoms with E-state index in [1.165, 1.54) is 62.5 Å². The maximum absolute atomic E-state index is 14.7. The zero-order valence-corrected chi connectivity index (χ0v) is 57.3. The number of carbonyl (C=O) groups excluding carboxylic acids is 8. The fourth-order valence-electron chi connectivity index (χ4n) is 13.0. The number of fused-ring (bicyclic) bond motifs is 3. The van der Waals surface area contributed by atoms with Gasteiger partial charge in [-0.05, 0) is 73.9 Å². The van der Waals surface area contributed by atoms with Gasteiger partial charge >= 0.3 is 29.6 Å². The Morgan fingerprint density at radius 1 is 0.796 bits per heavy atom. The Labute approximate surface area is 591 Å². The zero-order chi connectivity index (χ0) is 69.5. The number of hydrogen-bond acceptors (Lipinski definition) is 26. The molecule has 10 rings (SSSR count). The fraction of sp³-hybridized carbons (Fsp3) is 0.516. The summed E-state index contributed by atoms with van der Waals surface area (Å²) in [6.45, 7) is 4.73. The van der Waals surface area contributed by atoms with E-state index in [0.29, 0.717) is 22.3 Å². The molecule has 36 heteroatoms. The first kappa shape index (κ1) is 75.0. The average Bonchev–Trinajstić information content (AvgIpc) is 1.65. The minimum absolute atomic E-state index is 0. The Bertz CT molecular complexity index is 3620. The molecule has 0 radical (unpaired) electrons. The van der Waals surface area contributed by atoms with Gasteiger partial charge in [0, 0.05) is 93.0 Å². The summed E-state index contributed by atoms with van der Waals surface area (Å²) in [4.78, 5) is 126. The van der Waals surface area contributed by atoms with Gasteiger partial charge in [-0.3, -0.25) is 48.3 Å². The number of primary amides is 1. The molecule has 33 nitrogen and oxygen atoms in total. The number of anilines is 1. The molecule has 6 heterocycles. The Balaban J connectivity index is 0.0000112. The van der Waals surface area contributed by atoms with Crippen LogP contribution in [0.3, 0.4) is 0 Å². The summed E-state index contributed by atoms with van der Waals surface area (Å²) < 4.78 is 10.7. The van der Waals surface area contributed by atoms with Crippen LogP contribution in [-0.4, -0.2) is 242 Å². The van der Waals surface area contributed by atoms with Crippen LogP contribution >= 0.6 is 23.7 Å². The van der Waals surface area contributed by atoms with Gasteiger partial charge in [0.2, 0.25) is 46.3 Å². The van der Waals surface area contributed by atoms with Crippen LogP contribution in [0.25, 0.3) is 26.8 Å². The number of rotatable bonds is 17. The number of piperazine rings is 1. The molecule has 0 bridgehead atoms. The smallest absolute Gasteiger partial charge is 0.691 e. The number of nitrogens with two attached hydrogens (primary N) is 1. The molecule has 98 heavy (non-hydrogen) atoms. The first-order valence-electron chi connectivity index (χ1n) is 31.7. The minimum atomic E-state index is -2.54. The van der Waals surface area contributed by atoms with Crippen LogP contribution in [0.15, 0.2) is 72.9 Å². The summed E-state index contributed by atoms with van der Waals surface area (Å²) in [6, 6.07) is 5.72. The number of phenols is 1. The van der Waals surface area contributed by atoms with Gasteiger partial charge in [-0.15, -0.1) is 4.33 Å². The maximum Gasteiger partial charge on any atom is 1.00 e. The topological polar surface area (TPSA) is 478 Å². The van der Waals surface area contributed by atoms with E-state index < -0.39 is 183 Å². The molecular formula is C62H78N13NaO20S2. The van der Waals surface area contributed by atoms with Gasteiger partial charge in [0.1, 0.15) is 53.5 Å². The van der Waals surface area contributed by atoms with Crippen molar-refractivity contribution >= 4 is 81.6 Å². The predicted molar refractivity (Wildman–Crippen MR) is 341 cm³/mol. The molecule has 5 fully saturated rings. The molecule has 5 aromatic rings.